The van der Waals surface area contributed by atoms with Crippen LogP contribution >= 0.6 is 0 Å². The number of H-pyrrole nitrogens is 1. The summed E-state index contributed by atoms with van der Waals surface area (Å²) in [5.74, 6) is -0.0601. The van der Waals surface area contributed by atoms with E-state index in [-0.39, 0.29) is 11.3 Å². The van der Waals surface area contributed by atoms with E-state index in [1.165, 1.54) is 5.56 Å². The van der Waals surface area contributed by atoms with Crippen molar-refractivity contribution in [2.45, 2.75) is 64.5 Å². The Morgan fingerprint density at radius 2 is 2.00 bits per heavy atom. The summed E-state index contributed by atoms with van der Waals surface area (Å²) >= 11 is 0. The summed E-state index contributed by atoms with van der Waals surface area (Å²) in [6, 6.07) is 5.87. The van der Waals surface area contributed by atoms with Gasteiger partial charge in [-0.1, -0.05) is 27.7 Å². The van der Waals surface area contributed by atoms with Gasteiger partial charge in [0.1, 0.15) is 5.69 Å². The van der Waals surface area contributed by atoms with Gasteiger partial charge in [-0.15, -0.1) is 0 Å². The van der Waals surface area contributed by atoms with Gasteiger partial charge in [-0.05, 0) is 49.6 Å². The van der Waals surface area contributed by atoms with E-state index in [9.17, 15) is 9.90 Å². The van der Waals surface area contributed by atoms with Crippen LogP contribution in [-0.4, -0.2) is 67.8 Å². The second kappa shape index (κ2) is 9.27. The highest BCUT2D eigenvalue weighted by molar-refractivity contribution is 5.92. The van der Waals surface area contributed by atoms with E-state index in [1.807, 2.05) is 23.1 Å². The molecule has 0 aromatic carbocycles. The van der Waals surface area contributed by atoms with Crippen LogP contribution in [0.5, 0.6) is 0 Å². The number of aromatic nitrogens is 3. The van der Waals surface area contributed by atoms with Crippen molar-refractivity contribution in [3.05, 3.63) is 47.5 Å². The molecule has 2 aromatic heterocycles. The first-order chi connectivity index (χ1) is 14.2. The van der Waals surface area contributed by atoms with E-state index in [1.54, 1.807) is 12.4 Å². The first kappa shape index (κ1) is 22.4. The number of hydrogen-bond donors (Lipinski definition) is 2. The van der Waals surface area contributed by atoms with Crippen LogP contribution in [0, 0.1) is 0 Å². The second-order valence-corrected chi connectivity index (χ2v) is 9.45. The fourth-order valence-electron chi connectivity index (χ4n) is 3.96. The van der Waals surface area contributed by atoms with Crippen molar-refractivity contribution in [2.24, 2.45) is 0 Å². The summed E-state index contributed by atoms with van der Waals surface area (Å²) in [5, 5.41) is 18.5. The molecule has 7 nitrogen and oxygen atoms in total. The van der Waals surface area contributed by atoms with Crippen molar-refractivity contribution in [2.75, 3.05) is 26.2 Å². The molecule has 2 aromatic rings. The highest BCUT2D eigenvalue weighted by Crippen LogP contribution is 2.26. The molecule has 7 heteroatoms. The second-order valence-electron chi connectivity index (χ2n) is 9.45. The van der Waals surface area contributed by atoms with Gasteiger partial charge in [-0.25, -0.2) is 0 Å². The van der Waals surface area contributed by atoms with Crippen LogP contribution in [0.2, 0.25) is 0 Å². The quantitative estimate of drug-likeness (QED) is 0.760. The van der Waals surface area contributed by atoms with Gasteiger partial charge in [0.15, 0.2) is 0 Å². The molecular formula is C23H35N5O2. The fraction of sp³-hybridized carbons (Fsp3) is 0.609. The minimum Gasteiger partial charge on any atom is -0.388 e. The molecule has 0 bridgehead atoms. The number of nitrogens with one attached hydrogen (secondary N) is 1. The average molecular weight is 414 g/mol. The number of aliphatic hydroxyl groups is 1. The molecule has 1 saturated heterocycles. The maximum Gasteiger partial charge on any atom is 0.274 e. The zero-order valence-electron chi connectivity index (χ0n) is 18.7. The van der Waals surface area contributed by atoms with E-state index in [4.69, 9.17) is 0 Å². The molecule has 2 N–H and O–H groups in total. The smallest absolute Gasteiger partial charge is 0.274 e. The number of likely N-dealkylation sites (tertiary alicyclic amines) is 1. The van der Waals surface area contributed by atoms with Crippen molar-refractivity contribution in [3.8, 4) is 0 Å². The van der Waals surface area contributed by atoms with Crippen LogP contribution < -0.4 is 0 Å². The summed E-state index contributed by atoms with van der Waals surface area (Å²) in [5.41, 5.74) is 1.72. The van der Waals surface area contributed by atoms with Crippen molar-refractivity contribution < 1.29 is 9.90 Å². The molecule has 0 unspecified atom stereocenters. The number of hydrogen-bond acceptors (Lipinski definition) is 5. The summed E-state index contributed by atoms with van der Waals surface area (Å²) in [6.07, 6.45) is 5.64. The monoisotopic (exact) mass is 413 g/mol. The molecule has 1 amide bonds. The maximum absolute atomic E-state index is 13.0. The number of likely N-dealkylation sites (N-methyl/N-ethyl adjacent to an activating group) is 1. The van der Waals surface area contributed by atoms with Crippen LogP contribution in [0.4, 0.5) is 0 Å². The van der Waals surface area contributed by atoms with Crippen molar-refractivity contribution in [1.29, 1.82) is 0 Å². The van der Waals surface area contributed by atoms with Crippen LogP contribution in [0.25, 0.3) is 0 Å². The van der Waals surface area contributed by atoms with Gasteiger partial charge >= 0.3 is 0 Å². The SMILES string of the molecule is CCN(Cc1ccncc1)C[C@@]1(O)CCCN(C(=O)c2cc(C(C)(C)C)[nH]n2)CC1. The minimum atomic E-state index is -0.791. The van der Waals surface area contributed by atoms with Crippen molar-refractivity contribution in [1.82, 2.24) is 25.0 Å². The standard InChI is InChI=1S/C23H35N5O2/c1-5-27(16-18-7-11-24-12-8-18)17-23(30)9-6-13-28(14-10-23)21(29)19-15-20(26-25-19)22(2,3)4/h7-8,11-12,15,30H,5-6,9-10,13-14,16-17H2,1-4H3,(H,25,26)/t23-/m1/s1. The molecule has 0 saturated carbocycles. The molecule has 0 radical (unpaired) electrons. The molecular weight excluding hydrogens is 378 g/mol. The Labute approximate surface area is 179 Å². The zero-order valence-corrected chi connectivity index (χ0v) is 18.7. The molecule has 3 heterocycles. The van der Waals surface area contributed by atoms with Crippen LogP contribution in [0.3, 0.4) is 0 Å². The fourth-order valence-corrected chi connectivity index (χ4v) is 3.96. The molecule has 1 fully saturated rings. The van der Waals surface area contributed by atoms with E-state index in [0.29, 0.717) is 38.2 Å². The molecule has 30 heavy (non-hydrogen) atoms. The largest absolute Gasteiger partial charge is 0.388 e. The van der Waals surface area contributed by atoms with Crippen molar-refractivity contribution in [3.63, 3.8) is 0 Å². The van der Waals surface area contributed by atoms with Gasteiger partial charge in [-0.3, -0.25) is 19.8 Å². The molecule has 1 aliphatic heterocycles. The first-order valence-electron chi connectivity index (χ1n) is 10.9. The number of pyridine rings is 1. The third-order valence-corrected chi connectivity index (χ3v) is 5.93. The Balaban J connectivity index is 1.61. The number of carbonyl (C=O) groups is 1. The predicted octanol–water partition coefficient (Wildman–Crippen LogP) is 2.98. The lowest BCUT2D eigenvalue weighted by Gasteiger charge is -2.33. The van der Waals surface area contributed by atoms with E-state index >= 15 is 0 Å². The lowest BCUT2D eigenvalue weighted by atomic mass is 9.92. The van der Waals surface area contributed by atoms with Gasteiger partial charge in [0.2, 0.25) is 0 Å². The number of nitrogens with zero attached hydrogens (tertiary/aromatic N) is 4. The molecule has 1 aliphatic rings. The molecule has 164 valence electrons. The normalized spacial score (nSPS) is 20.4. The minimum absolute atomic E-state index is 0.0601. The van der Waals surface area contributed by atoms with Gasteiger partial charge < -0.3 is 10.0 Å². The van der Waals surface area contributed by atoms with Gasteiger partial charge in [0.05, 0.1) is 5.60 Å². The summed E-state index contributed by atoms with van der Waals surface area (Å²) < 4.78 is 0. The lowest BCUT2D eigenvalue weighted by Crippen LogP contribution is -2.43. The Morgan fingerprint density at radius 1 is 1.27 bits per heavy atom. The Kier molecular flexibility index (Phi) is 6.93. The highest BCUT2D eigenvalue weighted by atomic mass is 16.3. The first-order valence-corrected chi connectivity index (χ1v) is 10.9. The highest BCUT2D eigenvalue weighted by Gasteiger charge is 2.34. The third kappa shape index (κ3) is 5.67. The number of aromatic amines is 1. The summed E-state index contributed by atoms with van der Waals surface area (Å²) in [4.78, 5) is 21.1. The summed E-state index contributed by atoms with van der Waals surface area (Å²) in [7, 11) is 0. The molecule has 0 aliphatic carbocycles. The predicted molar refractivity (Wildman–Crippen MR) is 117 cm³/mol. The number of carbonyl (C=O) groups excluding carboxylic acids is 1. The van der Waals surface area contributed by atoms with Crippen LogP contribution in [0.15, 0.2) is 30.6 Å². The van der Waals surface area contributed by atoms with E-state index in [0.717, 1.165) is 25.2 Å². The van der Waals surface area contributed by atoms with Gasteiger partial charge in [0.25, 0.3) is 5.91 Å². The molecule has 3 rings (SSSR count). The van der Waals surface area contributed by atoms with E-state index in [2.05, 4.69) is 47.8 Å². The van der Waals surface area contributed by atoms with Crippen LogP contribution in [0.1, 0.15) is 68.7 Å². The summed E-state index contributed by atoms with van der Waals surface area (Å²) in [6.45, 7) is 11.8. The topological polar surface area (TPSA) is 85.4 Å². The number of amides is 1. The number of rotatable bonds is 6. The maximum atomic E-state index is 13.0. The van der Waals surface area contributed by atoms with Crippen LogP contribution in [-0.2, 0) is 12.0 Å². The lowest BCUT2D eigenvalue weighted by molar-refractivity contribution is -0.00928. The third-order valence-electron chi connectivity index (χ3n) is 5.93. The molecule has 0 spiro atoms. The van der Waals surface area contributed by atoms with E-state index < -0.39 is 5.60 Å². The Hall–Kier alpha value is -2.25. The molecule has 1 atom stereocenters. The average Bonchev–Trinajstić information content (AvgIpc) is 3.13. The zero-order chi connectivity index (χ0) is 21.8. The Bertz CT molecular complexity index is 830. The van der Waals surface area contributed by atoms with Crippen molar-refractivity contribution >= 4 is 5.91 Å². The van der Waals surface area contributed by atoms with Gasteiger partial charge in [0, 0.05) is 49.7 Å². The van der Waals surface area contributed by atoms with Gasteiger partial charge in [-0.2, -0.15) is 5.10 Å². The Morgan fingerprint density at radius 3 is 2.63 bits per heavy atom.